The number of amides is 1. The molecule has 4 rings (SSSR count). The average Bonchev–Trinajstić information content (AvgIpc) is 2.74. The quantitative estimate of drug-likeness (QED) is 0.718. The molecule has 0 aromatic heterocycles. The number of hydrogen-bond acceptors (Lipinski definition) is 4. The topological polar surface area (TPSA) is 69.7 Å². The van der Waals surface area contributed by atoms with Crippen molar-refractivity contribution in [2.24, 2.45) is 11.8 Å². The van der Waals surface area contributed by atoms with Crippen LogP contribution in [0.5, 0.6) is 0 Å². The molecule has 3 saturated heterocycles. The van der Waals surface area contributed by atoms with Crippen molar-refractivity contribution in [1.29, 1.82) is 0 Å². The third-order valence-corrected chi connectivity index (χ3v) is 8.56. The first-order valence-corrected chi connectivity index (χ1v) is 13.3. The molecular weight excluding hydrogens is 398 g/mol. The summed E-state index contributed by atoms with van der Waals surface area (Å²) >= 11 is 0. The molecule has 3 fully saturated rings. The van der Waals surface area contributed by atoms with Crippen LogP contribution in [0.15, 0.2) is 30.3 Å². The second kappa shape index (κ2) is 9.37. The van der Waals surface area contributed by atoms with Gasteiger partial charge in [-0.2, -0.15) is 4.31 Å². The fourth-order valence-corrected chi connectivity index (χ4v) is 7.27. The Morgan fingerprint density at radius 3 is 2.60 bits per heavy atom. The normalized spacial score (nSPS) is 29.9. The van der Waals surface area contributed by atoms with Crippen molar-refractivity contribution in [2.45, 2.75) is 63.6 Å². The fourth-order valence-electron chi connectivity index (χ4n) is 6.05. The summed E-state index contributed by atoms with van der Waals surface area (Å²) in [4.78, 5) is 15.0. The predicted octanol–water partition coefficient (Wildman–Crippen LogP) is 2.61. The molecule has 1 aromatic rings. The molecule has 0 spiro atoms. The largest absolute Gasteiger partial charge is 0.352 e. The van der Waals surface area contributed by atoms with E-state index >= 15 is 0 Å². The lowest BCUT2D eigenvalue weighted by atomic mass is 9.70. The summed E-state index contributed by atoms with van der Waals surface area (Å²) in [6.45, 7) is 3.51. The smallest absolute Gasteiger partial charge is 0.220 e. The van der Waals surface area contributed by atoms with Gasteiger partial charge in [0, 0.05) is 31.6 Å². The van der Waals surface area contributed by atoms with Crippen molar-refractivity contribution in [3.05, 3.63) is 35.9 Å². The average molecular weight is 434 g/mol. The minimum Gasteiger partial charge on any atom is -0.352 e. The highest BCUT2D eigenvalue weighted by Gasteiger charge is 2.50. The van der Waals surface area contributed by atoms with Crippen LogP contribution in [0.4, 0.5) is 0 Å². The van der Waals surface area contributed by atoms with Crippen molar-refractivity contribution < 1.29 is 13.2 Å². The van der Waals surface area contributed by atoms with Crippen LogP contribution < -0.4 is 5.32 Å². The van der Waals surface area contributed by atoms with E-state index < -0.39 is 10.0 Å². The fraction of sp³-hybridized carbons (Fsp3) is 0.696. The molecular formula is C23H35N3O3S. The molecule has 0 aliphatic carbocycles. The molecule has 0 radical (unpaired) electrons. The summed E-state index contributed by atoms with van der Waals surface area (Å²) in [5, 5.41) is 2.99. The zero-order valence-corrected chi connectivity index (χ0v) is 18.8. The van der Waals surface area contributed by atoms with Gasteiger partial charge in [0.25, 0.3) is 0 Å². The Kier molecular flexibility index (Phi) is 6.80. The number of carbonyl (C=O) groups excluding carboxylic acids is 1. The zero-order valence-electron chi connectivity index (χ0n) is 18.0. The summed E-state index contributed by atoms with van der Waals surface area (Å²) in [6, 6.07) is 10.5. The highest BCUT2D eigenvalue weighted by molar-refractivity contribution is 7.88. The number of carbonyl (C=O) groups is 1. The highest BCUT2D eigenvalue weighted by atomic mass is 32.2. The van der Waals surface area contributed by atoms with Gasteiger partial charge >= 0.3 is 0 Å². The molecule has 0 unspecified atom stereocenters. The van der Waals surface area contributed by atoms with Crippen LogP contribution in [0.3, 0.4) is 0 Å². The van der Waals surface area contributed by atoms with E-state index in [0.29, 0.717) is 37.4 Å². The zero-order chi connectivity index (χ0) is 21.1. The second-order valence-electron chi connectivity index (χ2n) is 9.29. The van der Waals surface area contributed by atoms with E-state index in [9.17, 15) is 13.2 Å². The standard InChI is InChI=1S/C23H35N3O3S/c1-30(28,29)26-17-19-10-6-14-25-15-7-11-20(23(19)25)21(26)12-5-13-22(27)24-16-18-8-3-2-4-9-18/h2-4,8-9,19-21,23H,5-7,10-17H2,1H3,(H,24,27)/t19-,20+,21+,23-/m0/s1. The summed E-state index contributed by atoms with van der Waals surface area (Å²) in [6.07, 6.45) is 7.88. The lowest BCUT2D eigenvalue weighted by Crippen LogP contribution is -2.65. The molecule has 6 nitrogen and oxygen atoms in total. The van der Waals surface area contributed by atoms with Gasteiger partial charge in [-0.1, -0.05) is 30.3 Å². The molecule has 0 saturated carbocycles. The van der Waals surface area contributed by atoms with Crippen LogP contribution in [0.1, 0.15) is 50.5 Å². The van der Waals surface area contributed by atoms with Crippen LogP contribution in [0, 0.1) is 11.8 Å². The molecule has 7 heteroatoms. The molecule has 1 aromatic carbocycles. The predicted molar refractivity (Wildman–Crippen MR) is 118 cm³/mol. The maximum absolute atomic E-state index is 12.6. The van der Waals surface area contributed by atoms with E-state index in [-0.39, 0.29) is 11.9 Å². The Morgan fingerprint density at radius 2 is 1.87 bits per heavy atom. The summed E-state index contributed by atoms with van der Waals surface area (Å²) in [5.74, 6) is 0.908. The van der Waals surface area contributed by atoms with Gasteiger partial charge in [-0.05, 0) is 69.0 Å². The van der Waals surface area contributed by atoms with E-state index in [1.807, 2.05) is 30.3 Å². The van der Waals surface area contributed by atoms with Gasteiger partial charge in [-0.15, -0.1) is 0 Å². The molecule has 3 aliphatic heterocycles. The number of nitrogens with zero attached hydrogens (tertiary/aromatic N) is 2. The number of nitrogens with one attached hydrogen (secondary N) is 1. The van der Waals surface area contributed by atoms with Gasteiger partial charge in [-0.3, -0.25) is 9.69 Å². The maximum Gasteiger partial charge on any atom is 0.220 e. The number of rotatable bonds is 7. The molecule has 30 heavy (non-hydrogen) atoms. The summed E-state index contributed by atoms with van der Waals surface area (Å²) in [5.41, 5.74) is 1.09. The third kappa shape index (κ3) is 4.89. The lowest BCUT2D eigenvalue weighted by molar-refractivity contribution is -0.121. The van der Waals surface area contributed by atoms with Crippen molar-refractivity contribution in [3.63, 3.8) is 0 Å². The monoisotopic (exact) mass is 433 g/mol. The van der Waals surface area contributed by atoms with Crippen molar-refractivity contribution >= 4 is 15.9 Å². The maximum atomic E-state index is 12.6. The Balaban J connectivity index is 1.37. The first kappa shape index (κ1) is 21.8. The van der Waals surface area contributed by atoms with Crippen LogP contribution in [-0.2, 0) is 21.4 Å². The molecule has 1 amide bonds. The third-order valence-electron chi connectivity index (χ3n) is 7.29. The van der Waals surface area contributed by atoms with E-state index in [1.165, 1.54) is 12.7 Å². The van der Waals surface area contributed by atoms with Crippen molar-refractivity contribution in [2.75, 3.05) is 25.9 Å². The number of sulfonamides is 1. The number of benzene rings is 1. The van der Waals surface area contributed by atoms with Crippen LogP contribution in [0.2, 0.25) is 0 Å². The highest BCUT2D eigenvalue weighted by Crippen LogP contribution is 2.44. The van der Waals surface area contributed by atoms with Crippen molar-refractivity contribution in [1.82, 2.24) is 14.5 Å². The Bertz CT molecular complexity index is 827. The SMILES string of the molecule is CS(=O)(=O)N1C[C@@H]2CCCN3CCC[C@@H]([C@H]23)[C@H]1CCCC(=O)NCc1ccccc1. The first-order valence-electron chi connectivity index (χ1n) is 11.4. The van der Waals surface area contributed by atoms with Gasteiger partial charge < -0.3 is 5.32 Å². The first-order chi connectivity index (χ1) is 14.4. The Labute approximate surface area is 181 Å². The van der Waals surface area contributed by atoms with Gasteiger partial charge in [-0.25, -0.2) is 8.42 Å². The van der Waals surface area contributed by atoms with Crippen LogP contribution in [-0.4, -0.2) is 61.5 Å². The van der Waals surface area contributed by atoms with E-state index in [2.05, 4.69) is 10.2 Å². The van der Waals surface area contributed by atoms with Gasteiger partial charge in [0.2, 0.25) is 15.9 Å². The Hall–Kier alpha value is -1.44. The number of piperidine rings is 3. The van der Waals surface area contributed by atoms with E-state index in [4.69, 9.17) is 0 Å². The van der Waals surface area contributed by atoms with Gasteiger partial charge in [0.05, 0.1) is 6.26 Å². The van der Waals surface area contributed by atoms with Crippen LogP contribution in [0.25, 0.3) is 0 Å². The molecule has 3 aliphatic rings. The number of hydrogen-bond donors (Lipinski definition) is 1. The minimum absolute atomic E-state index is 0.0315. The van der Waals surface area contributed by atoms with E-state index in [1.54, 1.807) is 4.31 Å². The molecule has 0 bridgehead atoms. The van der Waals surface area contributed by atoms with E-state index in [0.717, 1.165) is 50.8 Å². The summed E-state index contributed by atoms with van der Waals surface area (Å²) in [7, 11) is -3.24. The van der Waals surface area contributed by atoms with Gasteiger partial charge in [0.1, 0.15) is 0 Å². The Morgan fingerprint density at radius 1 is 1.13 bits per heavy atom. The minimum atomic E-state index is -3.24. The van der Waals surface area contributed by atoms with Crippen LogP contribution >= 0.6 is 0 Å². The van der Waals surface area contributed by atoms with Crippen molar-refractivity contribution in [3.8, 4) is 0 Å². The molecule has 4 atom stereocenters. The summed E-state index contributed by atoms with van der Waals surface area (Å²) < 4.78 is 27.0. The van der Waals surface area contributed by atoms with Gasteiger partial charge in [0.15, 0.2) is 0 Å². The molecule has 3 heterocycles. The molecule has 166 valence electrons. The molecule has 1 N–H and O–H groups in total. The lowest BCUT2D eigenvalue weighted by Gasteiger charge is -2.57. The second-order valence-corrected chi connectivity index (χ2v) is 11.2.